The molecule has 1 atom stereocenters. The van der Waals surface area contributed by atoms with Crippen molar-refractivity contribution in [2.45, 2.75) is 5.92 Å². The second-order valence-corrected chi connectivity index (χ2v) is 6.08. The van der Waals surface area contributed by atoms with E-state index < -0.39 is 0 Å². The third-order valence-corrected chi connectivity index (χ3v) is 4.56. The molecule has 0 saturated carbocycles. The van der Waals surface area contributed by atoms with Gasteiger partial charge in [0.1, 0.15) is 28.9 Å². The number of nitriles is 1. The first kappa shape index (κ1) is 16.2. The summed E-state index contributed by atoms with van der Waals surface area (Å²) in [5.74, 6) is 1.76. The maximum atomic E-state index is 9.56. The van der Waals surface area contributed by atoms with Gasteiger partial charge in [0.05, 0.1) is 24.6 Å². The fourth-order valence-corrected chi connectivity index (χ4v) is 3.33. The third kappa shape index (κ3) is 2.68. The zero-order valence-corrected chi connectivity index (χ0v) is 14.8. The molecule has 2 aromatic carbocycles. The van der Waals surface area contributed by atoms with Crippen molar-refractivity contribution in [3.05, 3.63) is 63.5 Å². The quantitative estimate of drug-likeness (QED) is 0.870. The number of hydrogen-bond acceptors (Lipinski definition) is 5. The molecule has 5 nitrogen and oxygen atoms in total. The molecule has 1 aliphatic heterocycles. The van der Waals surface area contributed by atoms with Gasteiger partial charge in [-0.15, -0.1) is 0 Å². The van der Waals surface area contributed by atoms with Crippen LogP contribution in [0.25, 0.3) is 0 Å². The van der Waals surface area contributed by atoms with Gasteiger partial charge in [-0.2, -0.15) is 5.26 Å². The van der Waals surface area contributed by atoms with E-state index in [2.05, 4.69) is 22.0 Å². The van der Waals surface area contributed by atoms with Gasteiger partial charge in [-0.25, -0.2) is 0 Å². The van der Waals surface area contributed by atoms with Crippen LogP contribution in [0, 0.1) is 11.3 Å². The van der Waals surface area contributed by atoms with Gasteiger partial charge in [0.25, 0.3) is 0 Å². The lowest BCUT2D eigenvalue weighted by atomic mass is 9.83. The molecule has 0 aromatic heterocycles. The maximum Gasteiger partial charge on any atom is 0.205 e. The lowest BCUT2D eigenvalue weighted by molar-refractivity contribution is 0.381. The Morgan fingerprint density at radius 1 is 1.17 bits per heavy atom. The third-order valence-electron chi connectivity index (χ3n) is 3.94. The highest BCUT2D eigenvalue weighted by molar-refractivity contribution is 9.10. The van der Waals surface area contributed by atoms with Crippen LogP contribution in [-0.2, 0) is 0 Å². The number of fused-ring (bicyclic) bond motifs is 1. The van der Waals surface area contributed by atoms with E-state index in [0.29, 0.717) is 17.1 Å². The van der Waals surface area contributed by atoms with Gasteiger partial charge in [0.2, 0.25) is 5.88 Å². The zero-order chi connectivity index (χ0) is 17.3. The smallest absolute Gasteiger partial charge is 0.205 e. The summed E-state index contributed by atoms with van der Waals surface area (Å²) in [7, 11) is 3.19. The normalized spacial score (nSPS) is 16.0. The van der Waals surface area contributed by atoms with Gasteiger partial charge < -0.3 is 19.9 Å². The monoisotopic (exact) mass is 386 g/mol. The molecule has 0 fully saturated rings. The standard InChI is InChI=1S/C18H15BrN2O3/c1-22-11-4-5-12-16(8-11)24-18(21)13(9-20)17(12)10-3-6-15(23-2)14(19)7-10/h3-8,17H,21H2,1-2H3/t17-/m0/s1. The molecule has 1 heterocycles. The van der Waals surface area contributed by atoms with Crippen molar-refractivity contribution < 1.29 is 14.2 Å². The van der Waals surface area contributed by atoms with Crippen LogP contribution in [0.15, 0.2) is 52.3 Å². The SMILES string of the molecule is COc1ccc2c(c1)OC(N)=C(C#N)[C@H]2c1ccc(OC)c(Br)c1. The van der Waals surface area contributed by atoms with Crippen LogP contribution in [0.5, 0.6) is 17.2 Å². The predicted octanol–water partition coefficient (Wildman–Crippen LogP) is 3.68. The molecule has 24 heavy (non-hydrogen) atoms. The van der Waals surface area contributed by atoms with Gasteiger partial charge >= 0.3 is 0 Å². The first-order chi connectivity index (χ1) is 11.6. The minimum atomic E-state index is -0.313. The summed E-state index contributed by atoms with van der Waals surface area (Å²) in [5.41, 5.74) is 8.13. The van der Waals surface area contributed by atoms with Crippen molar-refractivity contribution in [1.29, 1.82) is 5.26 Å². The van der Waals surface area contributed by atoms with E-state index in [1.165, 1.54) is 0 Å². The fraction of sp³-hybridized carbons (Fsp3) is 0.167. The van der Waals surface area contributed by atoms with Gasteiger partial charge in [-0.1, -0.05) is 12.1 Å². The molecule has 0 amide bonds. The molecule has 0 saturated heterocycles. The van der Waals surface area contributed by atoms with E-state index in [1.807, 2.05) is 30.3 Å². The Hall–Kier alpha value is -2.65. The molecule has 0 unspecified atom stereocenters. The van der Waals surface area contributed by atoms with E-state index in [-0.39, 0.29) is 11.8 Å². The average molecular weight is 387 g/mol. The van der Waals surface area contributed by atoms with Crippen LogP contribution < -0.4 is 19.9 Å². The number of ether oxygens (including phenoxy) is 3. The predicted molar refractivity (Wildman–Crippen MR) is 93.0 cm³/mol. The molecule has 122 valence electrons. The van der Waals surface area contributed by atoms with E-state index in [9.17, 15) is 5.26 Å². The van der Waals surface area contributed by atoms with E-state index >= 15 is 0 Å². The van der Waals surface area contributed by atoms with Crippen molar-refractivity contribution in [1.82, 2.24) is 0 Å². The Morgan fingerprint density at radius 2 is 1.96 bits per heavy atom. The summed E-state index contributed by atoms with van der Waals surface area (Å²) in [6.07, 6.45) is 0. The minimum Gasteiger partial charge on any atom is -0.497 e. The van der Waals surface area contributed by atoms with Crippen LogP contribution in [0.4, 0.5) is 0 Å². The van der Waals surface area contributed by atoms with Crippen molar-refractivity contribution in [3.8, 4) is 23.3 Å². The number of methoxy groups -OCH3 is 2. The van der Waals surface area contributed by atoms with Crippen LogP contribution in [0.1, 0.15) is 17.0 Å². The van der Waals surface area contributed by atoms with E-state index in [4.69, 9.17) is 19.9 Å². The molecule has 1 aliphatic rings. The molecular formula is C18H15BrN2O3. The Morgan fingerprint density at radius 3 is 2.58 bits per heavy atom. The van der Waals surface area contributed by atoms with E-state index in [0.717, 1.165) is 21.3 Å². The Balaban J connectivity index is 2.18. The number of nitrogens with two attached hydrogens (primary N) is 1. The second kappa shape index (κ2) is 6.46. The van der Waals surface area contributed by atoms with Crippen LogP contribution in [0.2, 0.25) is 0 Å². The topological polar surface area (TPSA) is 77.5 Å². The number of benzene rings is 2. The van der Waals surface area contributed by atoms with Crippen molar-refractivity contribution in [3.63, 3.8) is 0 Å². The highest BCUT2D eigenvalue weighted by Gasteiger charge is 2.31. The van der Waals surface area contributed by atoms with Crippen LogP contribution in [-0.4, -0.2) is 14.2 Å². The van der Waals surface area contributed by atoms with Crippen molar-refractivity contribution in [2.75, 3.05) is 14.2 Å². The summed E-state index contributed by atoms with van der Waals surface area (Å²) >= 11 is 3.49. The summed E-state index contributed by atoms with van der Waals surface area (Å²) in [5, 5.41) is 9.56. The lowest BCUT2D eigenvalue weighted by Gasteiger charge is -2.27. The number of rotatable bonds is 3. The summed E-state index contributed by atoms with van der Waals surface area (Å²) in [6, 6.07) is 13.4. The molecular weight excluding hydrogens is 372 g/mol. The molecule has 2 N–H and O–H groups in total. The Bertz CT molecular complexity index is 871. The Kier molecular flexibility index (Phi) is 4.36. The van der Waals surface area contributed by atoms with Gasteiger partial charge in [-0.3, -0.25) is 0 Å². The van der Waals surface area contributed by atoms with Crippen LogP contribution in [0.3, 0.4) is 0 Å². The molecule has 0 spiro atoms. The molecule has 2 aromatic rings. The van der Waals surface area contributed by atoms with Crippen molar-refractivity contribution >= 4 is 15.9 Å². The summed E-state index contributed by atoms with van der Waals surface area (Å²) in [4.78, 5) is 0. The minimum absolute atomic E-state index is 0.107. The number of allylic oxidation sites excluding steroid dienone is 1. The van der Waals surface area contributed by atoms with Gasteiger partial charge in [0, 0.05) is 11.6 Å². The van der Waals surface area contributed by atoms with Gasteiger partial charge in [0.15, 0.2) is 0 Å². The Labute approximate surface area is 148 Å². The van der Waals surface area contributed by atoms with E-state index in [1.54, 1.807) is 20.3 Å². The zero-order valence-electron chi connectivity index (χ0n) is 13.2. The second-order valence-electron chi connectivity index (χ2n) is 5.22. The molecule has 0 radical (unpaired) electrons. The van der Waals surface area contributed by atoms with Gasteiger partial charge in [-0.05, 0) is 39.7 Å². The fourth-order valence-electron chi connectivity index (χ4n) is 2.77. The molecule has 0 aliphatic carbocycles. The number of hydrogen-bond donors (Lipinski definition) is 1. The summed E-state index contributed by atoms with van der Waals surface area (Å²) < 4.78 is 16.9. The molecule has 6 heteroatoms. The average Bonchev–Trinajstić information content (AvgIpc) is 2.59. The highest BCUT2D eigenvalue weighted by Crippen LogP contribution is 2.44. The first-order valence-corrected chi connectivity index (χ1v) is 7.97. The summed E-state index contributed by atoms with van der Waals surface area (Å²) in [6.45, 7) is 0. The first-order valence-electron chi connectivity index (χ1n) is 7.18. The lowest BCUT2D eigenvalue weighted by Crippen LogP contribution is -2.21. The van der Waals surface area contributed by atoms with Crippen LogP contribution >= 0.6 is 15.9 Å². The molecule has 3 rings (SSSR count). The largest absolute Gasteiger partial charge is 0.497 e. The van der Waals surface area contributed by atoms with Crippen molar-refractivity contribution in [2.24, 2.45) is 5.73 Å². The number of halogens is 1. The number of nitrogens with zero attached hydrogens (tertiary/aromatic N) is 1. The molecule has 0 bridgehead atoms. The maximum absolute atomic E-state index is 9.56. The highest BCUT2D eigenvalue weighted by atomic mass is 79.9.